The lowest BCUT2D eigenvalue weighted by molar-refractivity contribution is 0.417. The normalized spacial score (nSPS) is 12.6. The Kier molecular flexibility index (Phi) is 4.43. The summed E-state index contributed by atoms with van der Waals surface area (Å²) in [4.78, 5) is 0. The van der Waals surface area contributed by atoms with Crippen molar-refractivity contribution in [1.29, 1.82) is 0 Å². The van der Waals surface area contributed by atoms with Crippen LogP contribution < -0.4 is 5.32 Å². The molecule has 0 amide bonds. The average molecular weight is 257 g/mol. The van der Waals surface area contributed by atoms with Gasteiger partial charge in [0.25, 0.3) is 0 Å². The van der Waals surface area contributed by atoms with Crippen LogP contribution in [0.1, 0.15) is 43.2 Å². The minimum Gasteiger partial charge on any atom is -0.459 e. The van der Waals surface area contributed by atoms with Crippen molar-refractivity contribution in [3.8, 4) is 11.3 Å². The van der Waals surface area contributed by atoms with Gasteiger partial charge >= 0.3 is 0 Å². The molecule has 2 aromatic rings. The summed E-state index contributed by atoms with van der Waals surface area (Å²) < 4.78 is 6.03. The van der Waals surface area contributed by atoms with Crippen molar-refractivity contribution >= 4 is 0 Å². The molecule has 0 saturated heterocycles. The van der Waals surface area contributed by atoms with Crippen molar-refractivity contribution in [2.45, 2.75) is 40.2 Å². The molecule has 1 N–H and O–H groups in total. The Morgan fingerprint density at radius 1 is 1.11 bits per heavy atom. The molecule has 0 aliphatic carbocycles. The molecule has 0 spiro atoms. The highest BCUT2D eigenvalue weighted by molar-refractivity contribution is 5.62. The Labute approximate surface area is 115 Å². The summed E-state index contributed by atoms with van der Waals surface area (Å²) in [6.45, 7) is 9.50. The summed E-state index contributed by atoms with van der Waals surface area (Å²) in [6, 6.07) is 10.9. The molecule has 1 unspecified atom stereocenters. The molecule has 0 bridgehead atoms. The summed E-state index contributed by atoms with van der Waals surface area (Å²) in [7, 11) is 0. The summed E-state index contributed by atoms with van der Waals surface area (Å²) >= 11 is 0. The summed E-state index contributed by atoms with van der Waals surface area (Å²) in [5, 5.41) is 3.44. The van der Waals surface area contributed by atoms with Gasteiger partial charge < -0.3 is 9.73 Å². The minimum absolute atomic E-state index is 0.310. The molecule has 0 saturated carbocycles. The molecule has 2 heteroatoms. The number of hydrogen-bond donors (Lipinski definition) is 1. The molecule has 0 radical (unpaired) electrons. The van der Waals surface area contributed by atoms with Crippen LogP contribution in [0.5, 0.6) is 0 Å². The summed E-state index contributed by atoms with van der Waals surface area (Å²) in [5.74, 6) is 1.99. The predicted octanol–water partition coefficient (Wildman–Crippen LogP) is 4.62. The van der Waals surface area contributed by atoms with Gasteiger partial charge in [-0.15, -0.1) is 0 Å². The van der Waals surface area contributed by atoms with Gasteiger partial charge in [-0.1, -0.05) is 37.6 Å². The van der Waals surface area contributed by atoms with Gasteiger partial charge in [-0.25, -0.2) is 0 Å². The number of benzene rings is 1. The summed E-state index contributed by atoms with van der Waals surface area (Å²) in [6.07, 6.45) is 1.04. The van der Waals surface area contributed by atoms with Crippen LogP contribution in [0, 0.1) is 13.8 Å². The van der Waals surface area contributed by atoms with Gasteiger partial charge in [0, 0.05) is 5.56 Å². The molecule has 1 aromatic heterocycles. The highest BCUT2D eigenvalue weighted by Crippen LogP contribution is 2.29. The number of aryl methyl sites for hydroxylation is 2. The van der Waals surface area contributed by atoms with Crippen LogP contribution in [-0.4, -0.2) is 6.54 Å². The summed E-state index contributed by atoms with van der Waals surface area (Å²) in [5.41, 5.74) is 3.73. The van der Waals surface area contributed by atoms with Gasteiger partial charge in [0.2, 0.25) is 0 Å². The fraction of sp³-hybridized carbons (Fsp3) is 0.412. The minimum atomic E-state index is 0.310. The first kappa shape index (κ1) is 13.9. The van der Waals surface area contributed by atoms with Crippen LogP contribution in [0.15, 0.2) is 34.7 Å². The number of hydrogen-bond acceptors (Lipinski definition) is 2. The first-order valence-corrected chi connectivity index (χ1v) is 7.06. The highest BCUT2D eigenvalue weighted by Gasteiger charge is 2.14. The Balaban J connectivity index is 2.29. The van der Waals surface area contributed by atoms with Crippen LogP contribution in [-0.2, 0) is 0 Å². The Bertz CT molecular complexity index is 542. The Morgan fingerprint density at radius 3 is 2.53 bits per heavy atom. The molecule has 0 aliphatic rings. The van der Waals surface area contributed by atoms with Gasteiger partial charge in [-0.05, 0) is 44.5 Å². The zero-order valence-corrected chi connectivity index (χ0v) is 12.3. The van der Waals surface area contributed by atoms with Crippen molar-refractivity contribution in [3.05, 3.63) is 47.2 Å². The standard InChI is InChI=1S/C17H23NO/c1-5-15(18-6-2)17-10-9-16(19-17)14-8-7-12(3)11-13(14)4/h7-11,15,18H,5-6H2,1-4H3. The van der Waals surface area contributed by atoms with Crippen LogP contribution in [0.2, 0.25) is 0 Å². The van der Waals surface area contributed by atoms with E-state index in [1.54, 1.807) is 0 Å². The van der Waals surface area contributed by atoms with Gasteiger partial charge in [-0.3, -0.25) is 0 Å². The monoisotopic (exact) mass is 257 g/mol. The molecule has 1 atom stereocenters. The average Bonchev–Trinajstić information content (AvgIpc) is 2.85. The van der Waals surface area contributed by atoms with E-state index in [9.17, 15) is 0 Å². The molecule has 2 nitrogen and oxygen atoms in total. The second-order valence-electron chi connectivity index (χ2n) is 5.04. The van der Waals surface area contributed by atoms with Gasteiger partial charge in [0.05, 0.1) is 6.04 Å². The maximum Gasteiger partial charge on any atom is 0.134 e. The first-order chi connectivity index (χ1) is 9.15. The second kappa shape index (κ2) is 6.07. The third-order valence-electron chi connectivity index (χ3n) is 3.48. The first-order valence-electron chi connectivity index (χ1n) is 7.06. The molecular formula is C17H23NO. The zero-order chi connectivity index (χ0) is 13.8. The zero-order valence-electron chi connectivity index (χ0n) is 12.3. The largest absolute Gasteiger partial charge is 0.459 e. The maximum atomic E-state index is 6.03. The molecule has 19 heavy (non-hydrogen) atoms. The van der Waals surface area contributed by atoms with E-state index >= 15 is 0 Å². The Morgan fingerprint density at radius 2 is 1.89 bits per heavy atom. The van der Waals surface area contributed by atoms with Crippen molar-refractivity contribution < 1.29 is 4.42 Å². The lowest BCUT2D eigenvalue weighted by Gasteiger charge is -2.12. The van der Waals surface area contributed by atoms with Crippen molar-refractivity contribution in [3.63, 3.8) is 0 Å². The predicted molar refractivity (Wildman–Crippen MR) is 80.3 cm³/mol. The maximum absolute atomic E-state index is 6.03. The van der Waals surface area contributed by atoms with Crippen LogP contribution >= 0.6 is 0 Å². The van der Waals surface area contributed by atoms with Crippen molar-refractivity contribution in [2.75, 3.05) is 6.54 Å². The molecule has 1 heterocycles. The van der Waals surface area contributed by atoms with E-state index in [0.29, 0.717) is 6.04 Å². The molecule has 1 aromatic carbocycles. The van der Waals surface area contributed by atoms with Gasteiger partial charge in [0.1, 0.15) is 11.5 Å². The van der Waals surface area contributed by atoms with Crippen molar-refractivity contribution in [2.24, 2.45) is 0 Å². The van der Waals surface area contributed by atoms with E-state index in [-0.39, 0.29) is 0 Å². The fourth-order valence-electron chi connectivity index (χ4n) is 2.47. The lowest BCUT2D eigenvalue weighted by atomic mass is 10.0. The third-order valence-corrected chi connectivity index (χ3v) is 3.48. The smallest absolute Gasteiger partial charge is 0.134 e. The number of nitrogens with one attached hydrogen (secondary N) is 1. The van der Waals surface area contributed by atoms with E-state index in [2.05, 4.69) is 63.3 Å². The lowest BCUT2D eigenvalue weighted by Crippen LogP contribution is -2.19. The van der Waals surface area contributed by atoms with Crippen LogP contribution in [0.25, 0.3) is 11.3 Å². The number of furan rings is 1. The quantitative estimate of drug-likeness (QED) is 0.845. The molecule has 0 aliphatic heterocycles. The molecule has 102 valence electrons. The SMILES string of the molecule is CCNC(CC)c1ccc(-c2ccc(C)cc2C)o1. The van der Waals surface area contributed by atoms with E-state index in [4.69, 9.17) is 4.42 Å². The molecular weight excluding hydrogens is 234 g/mol. The van der Waals surface area contributed by atoms with E-state index in [1.165, 1.54) is 16.7 Å². The van der Waals surface area contributed by atoms with E-state index < -0.39 is 0 Å². The fourth-order valence-corrected chi connectivity index (χ4v) is 2.47. The second-order valence-corrected chi connectivity index (χ2v) is 5.04. The van der Waals surface area contributed by atoms with Gasteiger partial charge in [-0.2, -0.15) is 0 Å². The molecule has 0 fully saturated rings. The third kappa shape index (κ3) is 3.07. The van der Waals surface area contributed by atoms with E-state index in [0.717, 1.165) is 24.5 Å². The topological polar surface area (TPSA) is 25.2 Å². The van der Waals surface area contributed by atoms with Crippen LogP contribution in [0.4, 0.5) is 0 Å². The number of rotatable bonds is 5. The molecule has 2 rings (SSSR count). The van der Waals surface area contributed by atoms with Crippen LogP contribution in [0.3, 0.4) is 0 Å². The Hall–Kier alpha value is -1.54. The highest BCUT2D eigenvalue weighted by atomic mass is 16.3. The van der Waals surface area contributed by atoms with Gasteiger partial charge in [0.15, 0.2) is 0 Å². The van der Waals surface area contributed by atoms with Crippen molar-refractivity contribution in [1.82, 2.24) is 5.32 Å². The van der Waals surface area contributed by atoms with E-state index in [1.807, 2.05) is 0 Å².